The Bertz CT molecular complexity index is 770. The summed E-state index contributed by atoms with van der Waals surface area (Å²) in [5.41, 5.74) is 0. The minimum absolute atomic E-state index is 0.0137. The first-order valence-corrected chi connectivity index (χ1v) is 11.3. The summed E-state index contributed by atoms with van der Waals surface area (Å²) in [7, 11) is -10.3. The monoisotopic (exact) mass is 470 g/mol. The van der Waals surface area contributed by atoms with Crippen molar-refractivity contribution in [3.05, 3.63) is 24.0 Å². The topological polar surface area (TPSA) is 27.7 Å². The molecule has 3 rings (SSSR count). The minimum atomic E-state index is -10.3. The van der Waals surface area contributed by atoms with Gasteiger partial charge in [0, 0.05) is 12.0 Å². The second-order valence-corrected chi connectivity index (χ2v) is 10.4. The molecule has 1 saturated heterocycles. The summed E-state index contributed by atoms with van der Waals surface area (Å²) in [5, 5.41) is 0. The van der Waals surface area contributed by atoms with Crippen LogP contribution in [0, 0.1) is 23.6 Å². The second kappa shape index (κ2) is 7.13. The van der Waals surface area contributed by atoms with Crippen LogP contribution in [-0.2, 0) is 9.47 Å². The highest BCUT2D eigenvalue weighted by molar-refractivity contribution is 8.45. The molecule has 0 bridgehead atoms. The zero-order valence-electron chi connectivity index (χ0n) is 15.9. The Hall–Kier alpha value is -1.27. The molecular formula is C18H22F8O3S. The van der Waals surface area contributed by atoms with Crippen LogP contribution in [0.4, 0.5) is 32.6 Å². The van der Waals surface area contributed by atoms with Crippen LogP contribution < -0.4 is 4.74 Å². The van der Waals surface area contributed by atoms with Crippen molar-refractivity contribution in [2.45, 2.75) is 49.9 Å². The standard InChI is InChI=1S/C18H22F8O3S/c1-11-2-4-12(5-3-11)13-9-27-17(28-10-13)18(20,21)29-14-6-7-16(15(19)8-14)30(22,23,24,25)26/h6-8,11-13,17H,2-5,9-10H2,1H3. The van der Waals surface area contributed by atoms with E-state index in [-0.39, 0.29) is 43.2 Å². The summed E-state index contributed by atoms with van der Waals surface area (Å²) >= 11 is 0. The first kappa shape index (κ1) is 23.4. The van der Waals surface area contributed by atoms with E-state index >= 15 is 0 Å². The summed E-state index contributed by atoms with van der Waals surface area (Å²) in [4.78, 5) is -2.81. The highest BCUT2D eigenvalue weighted by Crippen LogP contribution is 3.02. The van der Waals surface area contributed by atoms with Crippen molar-refractivity contribution < 1.29 is 46.8 Å². The van der Waals surface area contributed by atoms with Crippen molar-refractivity contribution in [3.63, 3.8) is 0 Å². The van der Waals surface area contributed by atoms with E-state index in [0.29, 0.717) is 5.92 Å². The van der Waals surface area contributed by atoms with Crippen LogP contribution in [0.1, 0.15) is 32.6 Å². The molecule has 1 heterocycles. The third-order valence-corrected chi connectivity index (χ3v) is 6.66. The molecule has 0 unspecified atom stereocenters. The molecule has 0 spiro atoms. The largest absolute Gasteiger partial charge is 0.451 e. The molecule has 0 amide bonds. The van der Waals surface area contributed by atoms with Crippen LogP contribution in [-0.4, -0.2) is 25.6 Å². The molecule has 2 aliphatic rings. The quantitative estimate of drug-likeness (QED) is 0.424. The van der Waals surface area contributed by atoms with Crippen LogP contribution >= 0.6 is 10.2 Å². The summed E-state index contributed by atoms with van der Waals surface area (Å²) in [5.74, 6) is -2.66. The van der Waals surface area contributed by atoms with Crippen LogP contribution in [0.2, 0.25) is 0 Å². The Morgan fingerprint density at radius 1 is 0.933 bits per heavy atom. The van der Waals surface area contributed by atoms with Gasteiger partial charge >= 0.3 is 16.3 Å². The summed E-state index contributed by atoms with van der Waals surface area (Å²) in [6.45, 7) is 2.12. The average Bonchev–Trinajstić information content (AvgIpc) is 2.60. The smallest absolute Gasteiger partial charge is 0.429 e. The van der Waals surface area contributed by atoms with Gasteiger partial charge in [0.15, 0.2) is 0 Å². The van der Waals surface area contributed by atoms with Gasteiger partial charge in [0.25, 0.3) is 6.29 Å². The molecule has 1 aromatic rings. The van der Waals surface area contributed by atoms with E-state index in [2.05, 4.69) is 11.7 Å². The van der Waals surface area contributed by atoms with E-state index < -0.39 is 39.1 Å². The van der Waals surface area contributed by atoms with Crippen LogP contribution in [0.3, 0.4) is 0 Å². The molecule has 2 fully saturated rings. The van der Waals surface area contributed by atoms with Crippen LogP contribution in [0.5, 0.6) is 5.75 Å². The van der Waals surface area contributed by atoms with Crippen molar-refractivity contribution in [2.24, 2.45) is 17.8 Å². The average molecular weight is 470 g/mol. The summed E-state index contributed by atoms with van der Waals surface area (Å²) in [6, 6.07) is -0.306. The Morgan fingerprint density at radius 3 is 2.00 bits per heavy atom. The molecule has 1 aliphatic carbocycles. The van der Waals surface area contributed by atoms with E-state index in [4.69, 9.17) is 9.47 Å². The molecule has 1 aromatic carbocycles. The van der Waals surface area contributed by atoms with Gasteiger partial charge < -0.3 is 14.2 Å². The predicted octanol–water partition coefficient (Wildman–Crippen LogP) is 7.27. The van der Waals surface area contributed by atoms with Gasteiger partial charge in [-0.05, 0) is 36.8 Å². The molecule has 1 aliphatic heterocycles. The number of alkyl halides is 2. The second-order valence-electron chi connectivity index (χ2n) is 8.00. The maximum atomic E-state index is 14.3. The lowest BCUT2D eigenvalue weighted by Gasteiger charge is -2.40. The fourth-order valence-corrected chi connectivity index (χ4v) is 4.56. The molecule has 0 radical (unpaired) electrons. The van der Waals surface area contributed by atoms with Crippen LogP contribution in [0.15, 0.2) is 23.1 Å². The number of hydrogen-bond donors (Lipinski definition) is 0. The number of hydrogen-bond acceptors (Lipinski definition) is 3. The molecule has 0 aromatic heterocycles. The summed E-state index contributed by atoms with van der Waals surface area (Å²) < 4.78 is 120. The van der Waals surface area contributed by atoms with Gasteiger partial charge in [-0.2, -0.15) is 8.78 Å². The van der Waals surface area contributed by atoms with Gasteiger partial charge in [0.2, 0.25) is 0 Å². The van der Waals surface area contributed by atoms with Crippen molar-refractivity contribution >= 4 is 10.2 Å². The Labute approximate surface area is 168 Å². The lowest BCUT2D eigenvalue weighted by atomic mass is 9.76. The number of rotatable bonds is 5. The van der Waals surface area contributed by atoms with Gasteiger partial charge in [-0.15, -0.1) is 0 Å². The van der Waals surface area contributed by atoms with E-state index in [1.807, 2.05) is 0 Å². The molecule has 30 heavy (non-hydrogen) atoms. The minimum Gasteiger partial charge on any atom is -0.429 e. The molecular weight excluding hydrogens is 448 g/mol. The first-order chi connectivity index (χ1) is 13.5. The van der Waals surface area contributed by atoms with Crippen molar-refractivity contribution in [1.29, 1.82) is 0 Å². The fraction of sp³-hybridized carbons (Fsp3) is 0.667. The number of benzene rings is 1. The van der Waals surface area contributed by atoms with E-state index in [0.717, 1.165) is 25.7 Å². The molecule has 1 saturated carbocycles. The van der Waals surface area contributed by atoms with E-state index in [1.54, 1.807) is 0 Å². The summed E-state index contributed by atoms with van der Waals surface area (Å²) in [6.07, 6.45) is -2.39. The normalized spacial score (nSPS) is 31.0. The van der Waals surface area contributed by atoms with Gasteiger partial charge in [-0.25, -0.2) is 4.39 Å². The maximum Gasteiger partial charge on any atom is 0.451 e. The molecule has 174 valence electrons. The van der Waals surface area contributed by atoms with Gasteiger partial charge in [-0.3, -0.25) is 0 Å². The van der Waals surface area contributed by atoms with Gasteiger partial charge in [-0.1, -0.05) is 39.2 Å². The van der Waals surface area contributed by atoms with Crippen molar-refractivity contribution in [3.8, 4) is 5.75 Å². The third-order valence-electron chi connectivity index (χ3n) is 5.50. The van der Waals surface area contributed by atoms with Crippen molar-refractivity contribution in [2.75, 3.05) is 13.2 Å². The number of ether oxygens (including phenoxy) is 3. The van der Waals surface area contributed by atoms with Gasteiger partial charge in [0.05, 0.1) is 13.2 Å². The zero-order valence-corrected chi connectivity index (χ0v) is 16.8. The van der Waals surface area contributed by atoms with E-state index in [1.165, 1.54) is 0 Å². The highest BCUT2D eigenvalue weighted by Gasteiger charge is 2.67. The number of halogens is 8. The molecule has 12 heteroatoms. The van der Waals surface area contributed by atoms with E-state index in [9.17, 15) is 32.6 Å². The third kappa shape index (κ3) is 5.50. The van der Waals surface area contributed by atoms with Gasteiger partial charge in [0.1, 0.15) is 16.5 Å². The molecule has 3 nitrogen and oxygen atoms in total. The van der Waals surface area contributed by atoms with Crippen LogP contribution in [0.25, 0.3) is 0 Å². The lowest BCUT2D eigenvalue weighted by Crippen LogP contribution is -2.48. The molecule has 0 atom stereocenters. The molecule has 0 N–H and O–H groups in total. The zero-order chi connectivity index (χ0) is 22.4. The lowest BCUT2D eigenvalue weighted by molar-refractivity contribution is -0.354. The maximum absolute atomic E-state index is 14.3. The SMILES string of the molecule is CC1CCC(C2COC(C(F)(F)Oc3ccc(S(F)(F)(F)(F)F)c(F)c3)OC2)CC1. The Morgan fingerprint density at radius 2 is 1.50 bits per heavy atom. The predicted molar refractivity (Wildman–Crippen MR) is 93.7 cm³/mol. The highest BCUT2D eigenvalue weighted by atomic mass is 32.5. The fourth-order valence-electron chi connectivity index (χ4n) is 3.80. The Balaban J connectivity index is 1.63. The van der Waals surface area contributed by atoms with Crippen molar-refractivity contribution in [1.82, 2.24) is 0 Å². The Kier molecular flexibility index (Phi) is 5.56. The first-order valence-electron chi connectivity index (χ1n) is 9.39.